The summed E-state index contributed by atoms with van der Waals surface area (Å²) in [4.78, 5) is 0. The summed E-state index contributed by atoms with van der Waals surface area (Å²) in [6.07, 6.45) is 7.16. The van der Waals surface area contributed by atoms with E-state index in [2.05, 4.69) is 56.9 Å². The summed E-state index contributed by atoms with van der Waals surface area (Å²) in [5.74, 6) is 0. The first-order valence-corrected chi connectivity index (χ1v) is 9.74. The van der Waals surface area contributed by atoms with Crippen molar-refractivity contribution in [3.8, 4) is 0 Å². The van der Waals surface area contributed by atoms with E-state index in [1.54, 1.807) is 0 Å². The zero-order valence-corrected chi connectivity index (χ0v) is 16.1. The maximum atomic E-state index is 5.58. The first-order valence-electron chi connectivity index (χ1n) is 8.54. The topological polar surface area (TPSA) is 24.1 Å². The standard InChI is InChI=1S/C20H23BrN2S/c21-17-9-6-10-18(15-17)22-19(24)23-20(12-4-5-13-20)14-11-16-7-2-1-3-8-16/h1-3,6-10,15H,4-5,11-14H2,(H2,22,23,24). The zero-order chi connectivity index (χ0) is 16.8. The molecule has 0 unspecified atom stereocenters. The molecule has 0 aliphatic heterocycles. The van der Waals surface area contributed by atoms with Crippen molar-refractivity contribution in [2.45, 2.75) is 44.1 Å². The van der Waals surface area contributed by atoms with Gasteiger partial charge in [0.15, 0.2) is 5.11 Å². The first-order chi connectivity index (χ1) is 11.7. The van der Waals surface area contributed by atoms with Crippen LogP contribution in [0.25, 0.3) is 0 Å². The Morgan fingerprint density at radius 1 is 1.04 bits per heavy atom. The third-order valence-electron chi connectivity index (χ3n) is 4.76. The lowest BCUT2D eigenvalue weighted by Gasteiger charge is -2.32. The Morgan fingerprint density at radius 3 is 2.50 bits per heavy atom. The van der Waals surface area contributed by atoms with Gasteiger partial charge in [0.1, 0.15) is 0 Å². The molecule has 0 amide bonds. The number of hydrogen-bond acceptors (Lipinski definition) is 1. The van der Waals surface area contributed by atoms with Gasteiger partial charge in [-0.25, -0.2) is 0 Å². The smallest absolute Gasteiger partial charge is 0.171 e. The average Bonchev–Trinajstić information content (AvgIpc) is 3.02. The fraction of sp³-hybridized carbons (Fsp3) is 0.350. The third kappa shape index (κ3) is 4.81. The van der Waals surface area contributed by atoms with Crippen LogP contribution in [0.5, 0.6) is 0 Å². The SMILES string of the molecule is S=C(Nc1cccc(Br)c1)NC1(CCc2ccccc2)CCCC1. The number of anilines is 1. The van der Waals surface area contributed by atoms with Crippen molar-refractivity contribution in [3.05, 3.63) is 64.6 Å². The molecule has 0 saturated heterocycles. The highest BCUT2D eigenvalue weighted by atomic mass is 79.9. The van der Waals surface area contributed by atoms with Crippen molar-refractivity contribution in [1.29, 1.82) is 0 Å². The Kier molecular flexibility index (Phi) is 5.90. The van der Waals surface area contributed by atoms with Gasteiger partial charge in [0.2, 0.25) is 0 Å². The molecule has 1 fully saturated rings. The number of rotatable bonds is 5. The highest BCUT2D eigenvalue weighted by molar-refractivity contribution is 9.10. The van der Waals surface area contributed by atoms with E-state index in [9.17, 15) is 0 Å². The minimum atomic E-state index is 0.131. The van der Waals surface area contributed by atoms with Crippen LogP contribution in [0.3, 0.4) is 0 Å². The Morgan fingerprint density at radius 2 is 1.79 bits per heavy atom. The van der Waals surface area contributed by atoms with Crippen LogP contribution >= 0.6 is 28.1 Å². The van der Waals surface area contributed by atoms with Crippen LogP contribution in [0.4, 0.5) is 5.69 Å². The van der Waals surface area contributed by atoms with Crippen LogP contribution in [0.2, 0.25) is 0 Å². The van der Waals surface area contributed by atoms with Crippen LogP contribution in [-0.4, -0.2) is 10.7 Å². The summed E-state index contributed by atoms with van der Waals surface area (Å²) in [6, 6.07) is 18.8. The van der Waals surface area contributed by atoms with E-state index >= 15 is 0 Å². The Bertz CT molecular complexity index is 681. The van der Waals surface area contributed by atoms with Crippen molar-refractivity contribution in [2.24, 2.45) is 0 Å². The summed E-state index contributed by atoms with van der Waals surface area (Å²) in [5, 5.41) is 7.68. The van der Waals surface area contributed by atoms with E-state index in [4.69, 9.17) is 12.2 Å². The molecule has 0 atom stereocenters. The maximum Gasteiger partial charge on any atom is 0.171 e. The zero-order valence-electron chi connectivity index (χ0n) is 13.7. The van der Waals surface area contributed by atoms with Gasteiger partial charge in [-0.2, -0.15) is 0 Å². The molecule has 3 rings (SSSR count). The first kappa shape index (κ1) is 17.4. The molecular weight excluding hydrogens is 380 g/mol. The minimum Gasteiger partial charge on any atom is -0.357 e. The molecule has 2 nitrogen and oxygen atoms in total. The minimum absolute atomic E-state index is 0.131. The second kappa shape index (κ2) is 8.13. The van der Waals surface area contributed by atoms with Gasteiger partial charge in [-0.1, -0.05) is 65.2 Å². The number of hydrogen-bond donors (Lipinski definition) is 2. The molecule has 126 valence electrons. The van der Waals surface area contributed by atoms with Gasteiger partial charge in [-0.3, -0.25) is 0 Å². The predicted molar refractivity (Wildman–Crippen MR) is 109 cm³/mol. The molecule has 0 radical (unpaired) electrons. The Balaban J connectivity index is 1.61. The van der Waals surface area contributed by atoms with Crippen LogP contribution in [0.1, 0.15) is 37.7 Å². The molecule has 2 N–H and O–H groups in total. The number of aryl methyl sites for hydroxylation is 1. The lowest BCUT2D eigenvalue weighted by molar-refractivity contribution is 0.362. The van der Waals surface area contributed by atoms with Gasteiger partial charge in [-0.15, -0.1) is 0 Å². The van der Waals surface area contributed by atoms with E-state index in [0.717, 1.165) is 28.1 Å². The number of benzene rings is 2. The third-order valence-corrected chi connectivity index (χ3v) is 5.45. The Labute approximate surface area is 158 Å². The molecule has 0 heterocycles. The molecule has 24 heavy (non-hydrogen) atoms. The summed E-state index contributed by atoms with van der Waals surface area (Å²) < 4.78 is 1.05. The molecule has 1 aliphatic rings. The molecule has 2 aromatic carbocycles. The molecule has 0 aromatic heterocycles. The van der Waals surface area contributed by atoms with Gasteiger partial charge < -0.3 is 10.6 Å². The normalized spacial score (nSPS) is 15.9. The molecule has 1 saturated carbocycles. The fourth-order valence-electron chi connectivity index (χ4n) is 3.49. The molecule has 1 aliphatic carbocycles. The van der Waals surface area contributed by atoms with E-state index in [1.165, 1.54) is 31.2 Å². The number of halogens is 1. The largest absolute Gasteiger partial charge is 0.357 e. The van der Waals surface area contributed by atoms with Gasteiger partial charge in [-0.05, 0) is 61.7 Å². The lowest BCUT2D eigenvalue weighted by atomic mass is 9.89. The highest BCUT2D eigenvalue weighted by Gasteiger charge is 2.33. The van der Waals surface area contributed by atoms with Crippen molar-refractivity contribution in [3.63, 3.8) is 0 Å². The number of nitrogens with one attached hydrogen (secondary N) is 2. The van der Waals surface area contributed by atoms with Crippen molar-refractivity contribution < 1.29 is 0 Å². The number of thiocarbonyl (C=S) groups is 1. The monoisotopic (exact) mass is 402 g/mol. The molecule has 4 heteroatoms. The van der Waals surface area contributed by atoms with Gasteiger partial charge >= 0.3 is 0 Å². The van der Waals surface area contributed by atoms with Crippen LogP contribution in [-0.2, 0) is 6.42 Å². The van der Waals surface area contributed by atoms with E-state index in [-0.39, 0.29) is 5.54 Å². The summed E-state index contributed by atoms with van der Waals surface area (Å²) >= 11 is 9.08. The van der Waals surface area contributed by atoms with Crippen molar-refractivity contribution in [1.82, 2.24) is 5.32 Å². The Hall–Kier alpha value is -1.39. The second-order valence-electron chi connectivity index (χ2n) is 6.56. The lowest BCUT2D eigenvalue weighted by Crippen LogP contribution is -2.48. The molecular formula is C20H23BrN2S. The van der Waals surface area contributed by atoms with Gasteiger partial charge in [0, 0.05) is 15.7 Å². The maximum absolute atomic E-state index is 5.58. The van der Waals surface area contributed by atoms with Gasteiger partial charge in [0.05, 0.1) is 0 Å². The fourth-order valence-corrected chi connectivity index (χ4v) is 4.22. The second-order valence-corrected chi connectivity index (χ2v) is 7.89. The predicted octanol–water partition coefficient (Wildman–Crippen LogP) is 5.68. The van der Waals surface area contributed by atoms with E-state index in [1.807, 2.05) is 24.3 Å². The summed E-state index contributed by atoms with van der Waals surface area (Å²) in [5.41, 5.74) is 2.54. The van der Waals surface area contributed by atoms with E-state index in [0.29, 0.717) is 0 Å². The molecule has 0 spiro atoms. The van der Waals surface area contributed by atoms with Crippen molar-refractivity contribution >= 4 is 38.9 Å². The van der Waals surface area contributed by atoms with Gasteiger partial charge in [0.25, 0.3) is 0 Å². The van der Waals surface area contributed by atoms with Crippen molar-refractivity contribution in [2.75, 3.05) is 5.32 Å². The van der Waals surface area contributed by atoms with Crippen LogP contribution in [0.15, 0.2) is 59.1 Å². The summed E-state index contributed by atoms with van der Waals surface area (Å²) in [6.45, 7) is 0. The average molecular weight is 403 g/mol. The quantitative estimate of drug-likeness (QED) is 0.628. The van der Waals surface area contributed by atoms with Crippen LogP contribution < -0.4 is 10.6 Å². The molecule has 2 aromatic rings. The van der Waals surface area contributed by atoms with E-state index < -0.39 is 0 Å². The summed E-state index contributed by atoms with van der Waals surface area (Å²) in [7, 11) is 0. The highest BCUT2D eigenvalue weighted by Crippen LogP contribution is 2.34. The van der Waals surface area contributed by atoms with Crippen LogP contribution in [0, 0.1) is 0 Å². The molecule has 0 bridgehead atoms.